The van der Waals surface area contributed by atoms with Gasteiger partial charge in [0, 0.05) is 9.50 Å². The summed E-state index contributed by atoms with van der Waals surface area (Å²) in [6.45, 7) is 0.304. The molecule has 0 aliphatic rings. The fourth-order valence-electron chi connectivity index (χ4n) is 1.36. The Bertz CT molecular complexity index is 582. The second-order valence-corrected chi connectivity index (χ2v) is 5.72. The third kappa shape index (κ3) is 3.04. The topological polar surface area (TPSA) is 46.5 Å². The number of hydrogen-bond donors (Lipinski definition) is 1. The van der Waals surface area contributed by atoms with Crippen LogP contribution in [-0.2, 0) is 6.61 Å². The summed E-state index contributed by atoms with van der Waals surface area (Å²) in [4.78, 5) is 12.0. The van der Waals surface area contributed by atoms with Crippen LogP contribution >= 0.6 is 38.9 Å². The highest BCUT2D eigenvalue weighted by Gasteiger charge is 2.12. The minimum atomic E-state index is -1.04. The summed E-state index contributed by atoms with van der Waals surface area (Å²) in [5.41, 5.74) is 0.104. The van der Waals surface area contributed by atoms with E-state index in [2.05, 4.69) is 15.9 Å². The third-order valence-corrected chi connectivity index (χ3v) is 4.36. The average Bonchev–Trinajstić information content (AvgIpc) is 2.72. The van der Waals surface area contributed by atoms with Crippen molar-refractivity contribution in [1.82, 2.24) is 0 Å². The Balaban J connectivity index is 2.20. The number of carbonyl (C=O) groups is 1. The molecule has 0 saturated heterocycles. The Morgan fingerprint density at radius 2 is 2.22 bits per heavy atom. The van der Waals surface area contributed by atoms with Crippen molar-refractivity contribution < 1.29 is 14.6 Å². The maximum Gasteiger partial charge on any atom is 0.339 e. The van der Waals surface area contributed by atoms with Crippen molar-refractivity contribution in [2.24, 2.45) is 0 Å². The SMILES string of the molecule is O=C(O)c1ccc(Cl)cc1OCc1sccc1Br. The van der Waals surface area contributed by atoms with Gasteiger partial charge >= 0.3 is 5.97 Å². The van der Waals surface area contributed by atoms with Gasteiger partial charge in [-0.05, 0) is 45.6 Å². The second-order valence-electron chi connectivity index (χ2n) is 3.43. The lowest BCUT2D eigenvalue weighted by atomic mass is 10.2. The molecule has 1 heterocycles. The molecule has 1 aromatic carbocycles. The Morgan fingerprint density at radius 3 is 2.83 bits per heavy atom. The van der Waals surface area contributed by atoms with Crippen molar-refractivity contribution in [1.29, 1.82) is 0 Å². The first kappa shape index (κ1) is 13.4. The Morgan fingerprint density at radius 1 is 1.44 bits per heavy atom. The van der Waals surface area contributed by atoms with Crippen LogP contribution in [0.4, 0.5) is 0 Å². The van der Waals surface area contributed by atoms with E-state index in [1.807, 2.05) is 11.4 Å². The van der Waals surface area contributed by atoms with Crippen LogP contribution in [0.5, 0.6) is 5.75 Å². The maximum absolute atomic E-state index is 11.0. The van der Waals surface area contributed by atoms with Crippen LogP contribution < -0.4 is 4.74 Å². The van der Waals surface area contributed by atoms with Crippen LogP contribution in [0.15, 0.2) is 34.1 Å². The third-order valence-electron chi connectivity index (χ3n) is 2.22. The highest BCUT2D eigenvalue weighted by molar-refractivity contribution is 9.10. The van der Waals surface area contributed by atoms with E-state index in [-0.39, 0.29) is 11.3 Å². The first-order valence-corrected chi connectivity index (χ1v) is 7.00. The molecule has 0 saturated carbocycles. The number of hydrogen-bond acceptors (Lipinski definition) is 3. The summed E-state index contributed by atoms with van der Waals surface area (Å²) >= 11 is 10.8. The molecule has 0 radical (unpaired) electrons. The highest BCUT2D eigenvalue weighted by atomic mass is 79.9. The predicted octanol–water partition coefficient (Wildman–Crippen LogP) is 4.44. The molecule has 0 bridgehead atoms. The monoisotopic (exact) mass is 346 g/mol. The van der Waals surface area contributed by atoms with Crippen LogP contribution in [0, 0.1) is 0 Å². The molecule has 0 aliphatic heterocycles. The minimum absolute atomic E-state index is 0.104. The smallest absolute Gasteiger partial charge is 0.339 e. The van der Waals surface area contributed by atoms with Gasteiger partial charge in [0.2, 0.25) is 0 Å². The Kier molecular flexibility index (Phi) is 4.27. The second kappa shape index (κ2) is 5.73. The van der Waals surface area contributed by atoms with E-state index in [0.717, 1.165) is 9.35 Å². The van der Waals surface area contributed by atoms with Crippen LogP contribution in [0.3, 0.4) is 0 Å². The fourth-order valence-corrected chi connectivity index (χ4v) is 2.90. The molecule has 2 aromatic rings. The van der Waals surface area contributed by atoms with E-state index in [1.165, 1.54) is 29.5 Å². The van der Waals surface area contributed by atoms with E-state index in [1.54, 1.807) is 0 Å². The number of carboxylic acid groups (broad SMARTS) is 1. The number of benzene rings is 1. The fraction of sp³-hybridized carbons (Fsp3) is 0.0833. The molecule has 0 atom stereocenters. The van der Waals surface area contributed by atoms with Gasteiger partial charge in [-0.25, -0.2) is 4.79 Å². The molecule has 0 aliphatic carbocycles. The molecule has 94 valence electrons. The van der Waals surface area contributed by atoms with E-state index >= 15 is 0 Å². The van der Waals surface area contributed by atoms with Crippen molar-refractivity contribution in [2.45, 2.75) is 6.61 Å². The molecule has 0 amide bonds. The van der Waals surface area contributed by atoms with Crippen LogP contribution in [0.25, 0.3) is 0 Å². The normalized spacial score (nSPS) is 10.3. The van der Waals surface area contributed by atoms with Gasteiger partial charge < -0.3 is 9.84 Å². The standard InChI is InChI=1S/C12H8BrClO3S/c13-9-3-4-18-11(9)6-17-10-5-7(14)1-2-8(10)12(15)16/h1-5H,6H2,(H,15,16). The summed E-state index contributed by atoms with van der Waals surface area (Å²) in [7, 11) is 0. The zero-order valence-corrected chi connectivity index (χ0v) is 12.2. The molecule has 1 aromatic heterocycles. The molecule has 0 spiro atoms. The molecule has 1 N–H and O–H groups in total. The zero-order valence-electron chi connectivity index (χ0n) is 9.02. The molecule has 6 heteroatoms. The van der Waals surface area contributed by atoms with E-state index in [0.29, 0.717) is 11.6 Å². The lowest BCUT2D eigenvalue weighted by molar-refractivity contribution is 0.0692. The number of carboxylic acids is 1. The summed E-state index contributed by atoms with van der Waals surface area (Å²) in [5, 5.41) is 11.4. The van der Waals surface area contributed by atoms with E-state index < -0.39 is 5.97 Å². The number of rotatable bonds is 4. The van der Waals surface area contributed by atoms with Gasteiger partial charge in [-0.1, -0.05) is 11.6 Å². The predicted molar refractivity (Wildman–Crippen MR) is 74.8 cm³/mol. The summed E-state index contributed by atoms with van der Waals surface area (Å²) in [6.07, 6.45) is 0. The largest absolute Gasteiger partial charge is 0.487 e. The molecular weight excluding hydrogens is 340 g/mol. The maximum atomic E-state index is 11.0. The first-order chi connectivity index (χ1) is 8.58. The number of aromatic carboxylic acids is 1. The van der Waals surface area contributed by atoms with Gasteiger partial charge in [0.15, 0.2) is 0 Å². The van der Waals surface area contributed by atoms with Crippen LogP contribution in [-0.4, -0.2) is 11.1 Å². The quantitative estimate of drug-likeness (QED) is 0.889. The number of ether oxygens (including phenoxy) is 1. The van der Waals surface area contributed by atoms with Gasteiger partial charge in [0.05, 0.1) is 4.88 Å². The summed E-state index contributed by atoms with van der Waals surface area (Å²) in [6, 6.07) is 6.38. The van der Waals surface area contributed by atoms with Crippen molar-refractivity contribution in [3.05, 3.63) is 49.6 Å². The molecule has 3 nitrogen and oxygen atoms in total. The van der Waals surface area contributed by atoms with E-state index in [9.17, 15) is 4.79 Å². The van der Waals surface area contributed by atoms with Crippen molar-refractivity contribution >= 4 is 44.8 Å². The van der Waals surface area contributed by atoms with Gasteiger partial charge in [-0.15, -0.1) is 11.3 Å². The highest BCUT2D eigenvalue weighted by Crippen LogP contribution is 2.27. The molecule has 0 fully saturated rings. The lowest BCUT2D eigenvalue weighted by Gasteiger charge is -2.08. The van der Waals surface area contributed by atoms with Gasteiger partial charge in [-0.2, -0.15) is 0 Å². The van der Waals surface area contributed by atoms with E-state index in [4.69, 9.17) is 21.4 Å². The zero-order chi connectivity index (χ0) is 13.1. The lowest BCUT2D eigenvalue weighted by Crippen LogP contribution is -2.02. The molecular formula is C12H8BrClO3S. The molecule has 18 heavy (non-hydrogen) atoms. The Hall–Kier alpha value is -1.04. The van der Waals surface area contributed by atoms with Crippen molar-refractivity contribution in [2.75, 3.05) is 0 Å². The number of halogens is 2. The van der Waals surface area contributed by atoms with Gasteiger partial charge in [0.25, 0.3) is 0 Å². The average molecular weight is 348 g/mol. The van der Waals surface area contributed by atoms with Crippen molar-refractivity contribution in [3.63, 3.8) is 0 Å². The van der Waals surface area contributed by atoms with Gasteiger partial charge in [-0.3, -0.25) is 0 Å². The van der Waals surface area contributed by atoms with Gasteiger partial charge in [0.1, 0.15) is 17.9 Å². The first-order valence-electron chi connectivity index (χ1n) is 4.95. The number of thiophene rings is 1. The summed E-state index contributed by atoms with van der Waals surface area (Å²) in [5.74, 6) is -0.762. The van der Waals surface area contributed by atoms with Crippen molar-refractivity contribution in [3.8, 4) is 5.75 Å². The van der Waals surface area contributed by atoms with Crippen LogP contribution in [0.1, 0.15) is 15.2 Å². The molecule has 2 rings (SSSR count). The molecule has 0 unspecified atom stereocenters. The summed E-state index contributed by atoms with van der Waals surface area (Å²) < 4.78 is 6.47. The Labute approximate surface area is 121 Å². The minimum Gasteiger partial charge on any atom is -0.487 e. The van der Waals surface area contributed by atoms with Crippen LogP contribution in [0.2, 0.25) is 5.02 Å².